The second-order valence-corrected chi connectivity index (χ2v) is 4.82. The minimum Gasteiger partial charge on any atom is -0.478 e. The van der Waals surface area contributed by atoms with E-state index in [-0.39, 0.29) is 12.1 Å². The molecule has 1 aromatic heterocycles. The number of halogens is 1. The molecule has 0 bridgehead atoms. The third kappa shape index (κ3) is 2.50. The topological polar surface area (TPSA) is 55.1 Å². The van der Waals surface area contributed by atoms with Gasteiger partial charge in [-0.3, -0.25) is 4.68 Å². The Balaban J connectivity index is 1.84. The lowest BCUT2D eigenvalue weighted by molar-refractivity contribution is 0.0696. The van der Waals surface area contributed by atoms with E-state index in [1.807, 2.05) is 6.07 Å². The van der Waals surface area contributed by atoms with Gasteiger partial charge in [0, 0.05) is 17.7 Å². The lowest BCUT2D eigenvalue weighted by Crippen LogP contribution is -2.05. The SMILES string of the molecule is O=C(O)c1ccc(F)c(Cn2ccc(C3CC3)n2)c1. The van der Waals surface area contributed by atoms with Crippen LogP contribution in [0.5, 0.6) is 0 Å². The highest BCUT2D eigenvalue weighted by atomic mass is 19.1. The van der Waals surface area contributed by atoms with Gasteiger partial charge in [0.05, 0.1) is 17.8 Å². The predicted molar refractivity (Wildman–Crippen MR) is 66.7 cm³/mol. The first-order valence-corrected chi connectivity index (χ1v) is 6.18. The summed E-state index contributed by atoms with van der Waals surface area (Å²) in [6.45, 7) is 0.250. The van der Waals surface area contributed by atoms with Gasteiger partial charge < -0.3 is 5.11 Å². The van der Waals surface area contributed by atoms with Gasteiger partial charge in [0.25, 0.3) is 0 Å². The van der Waals surface area contributed by atoms with Crippen LogP contribution in [0.2, 0.25) is 0 Å². The van der Waals surface area contributed by atoms with Crippen molar-refractivity contribution < 1.29 is 14.3 Å². The monoisotopic (exact) mass is 260 g/mol. The number of benzene rings is 1. The summed E-state index contributed by atoms with van der Waals surface area (Å²) >= 11 is 0. The first-order valence-electron chi connectivity index (χ1n) is 6.18. The van der Waals surface area contributed by atoms with Gasteiger partial charge in [-0.25, -0.2) is 9.18 Å². The quantitative estimate of drug-likeness (QED) is 0.919. The minimum absolute atomic E-state index is 0.0889. The summed E-state index contributed by atoms with van der Waals surface area (Å²) < 4.78 is 15.3. The molecule has 1 fully saturated rings. The molecule has 0 saturated heterocycles. The second kappa shape index (κ2) is 4.50. The normalized spacial score (nSPS) is 14.6. The van der Waals surface area contributed by atoms with Gasteiger partial charge in [0.15, 0.2) is 0 Å². The zero-order valence-corrected chi connectivity index (χ0v) is 10.2. The van der Waals surface area contributed by atoms with Crippen LogP contribution in [0.4, 0.5) is 4.39 Å². The minimum atomic E-state index is -1.06. The summed E-state index contributed by atoms with van der Waals surface area (Å²) in [7, 11) is 0. The highest BCUT2D eigenvalue weighted by Gasteiger charge is 2.25. The molecule has 1 heterocycles. The number of aromatic nitrogens is 2. The van der Waals surface area contributed by atoms with Gasteiger partial charge in [0.2, 0.25) is 0 Å². The van der Waals surface area contributed by atoms with Gasteiger partial charge in [-0.05, 0) is 37.1 Å². The average Bonchev–Trinajstić information content (AvgIpc) is 3.13. The lowest BCUT2D eigenvalue weighted by atomic mass is 10.1. The van der Waals surface area contributed by atoms with Crippen molar-refractivity contribution in [2.24, 2.45) is 0 Å². The van der Waals surface area contributed by atoms with Gasteiger partial charge >= 0.3 is 5.97 Å². The summed E-state index contributed by atoms with van der Waals surface area (Å²) in [5.41, 5.74) is 1.46. The molecule has 1 aliphatic rings. The molecule has 3 rings (SSSR count). The smallest absolute Gasteiger partial charge is 0.335 e. The molecule has 0 spiro atoms. The van der Waals surface area contributed by atoms with Crippen LogP contribution in [0.1, 0.15) is 40.4 Å². The molecular formula is C14H13FN2O2. The Bertz CT molecular complexity index is 632. The van der Waals surface area contributed by atoms with Crippen LogP contribution in [0.25, 0.3) is 0 Å². The fraction of sp³-hybridized carbons (Fsp3) is 0.286. The predicted octanol–water partition coefficient (Wildman–Crippen LogP) is 2.65. The molecule has 0 unspecified atom stereocenters. The standard InChI is InChI=1S/C14H13FN2O2/c15-12-4-3-10(14(18)19)7-11(12)8-17-6-5-13(16-17)9-1-2-9/h3-7,9H,1-2,8H2,(H,18,19). The van der Waals surface area contributed by atoms with Gasteiger partial charge in [-0.15, -0.1) is 0 Å². The van der Waals surface area contributed by atoms with Crippen molar-refractivity contribution in [2.45, 2.75) is 25.3 Å². The Hall–Kier alpha value is -2.17. The van der Waals surface area contributed by atoms with Crippen molar-refractivity contribution in [3.05, 3.63) is 53.1 Å². The van der Waals surface area contributed by atoms with E-state index < -0.39 is 11.8 Å². The molecule has 19 heavy (non-hydrogen) atoms. The lowest BCUT2D eigenvalue weighted by Gasteiger charge is -2.05. The second-order valence-electron chi connectivity index (χ2n) is 4.82. The molecule has 1 saturated carbocycles. The van der Waals surface area contributed by atoms with Crippen molar-refractivity contribution in [2.75, 3.05) is 0 Å². The molecule has 0 radical (unpaired) electrons. The van der Waals surface area contributed by atoms with E-state index >= 15 is 0 Å². The Kier molecular flexibility index (Phi) is 2.81. The van der Waals surface area contributed by atoms with E-state index in [2.05, 4.69) is 5.10 Å². The summed E-state index contributed by atoms with van der Waals surface area (Å²) in [6.07, 6.45) is 4.14. The maximum Gasteiger partial charge on any atom is 0.335 e. The van der Waals surface area contributed by atoms with E-state index in [1.54, 1.807) is 10.9 Å². The summed E-state index contributed by atoms with van der Waals surface area (Å²) in [6, 6.07) is 5.75. The van der Waals surface area contributed by atoms with Gasteiger partial charge in [-0.1, -0.05) is 0 Å². The molecule has 2 aromatic rings. The number of carbonyl (C=O) groups is 1. The fourth-order valence-corrected chi connectivity index (χ4v) is 2.07. The largest absolute Gasteiger partial charge is 0.478 e. The number of aromatic carboxylic acids is 1. The van der Waals surface area contributed by atoms with Crippen molar-refractivity contribution in [1.29, 1.82) is 0 Å². The van der Waals surface area contributed by atoms with Crippen LogP contribution in [0.3, 0.4) is 0 Å². The Morgan fingerprint density at radius 2 is 2.21 bits per heavy atom. The Labute approximate surface area is 109 Å². The third-order valence-electron chi connectivity index (χ3n) is 3.28. The Morgan fingerprint density at radius 1 is 1.42 bits per heavy atom. The van der Waals surface area contributed by atoms with E-state index in [0.29, 0.717) is 11.5 Å². The van der Waals surface area contributed by atoms with E-state index in [0.717, 1.165) is 5.69 Å². The van der Waals surface area contributed by atoms with Crippen LogP contribution in [-0.4, -0.2) is 20.9 Å². The first kappa shape index (κ1) is 11.9. The maximum absolute atomic E-state index is 13.7. The van der Waals surface area contributed by atoms with E-state index in [1.165, 1.54) is 31.0 Å². The molecular weight excluding hydrogens is 247 g/mol. The molecule has 1 aromatic carbocycles. The molecule has 98 valence electrons. The van der Waals surface area contributed by atoms with Crippen molar-refractivity contribution in [3.63, 3.8) is 0 Å². The summed E-state index contributed by atoms with van der Waals surface area (Å²) in [4.78, 5) is 10.9. The number of carboxylic acid groups (broad SMARTS) is 1. The summed E-state index contributed by atoms with van der Waals surface area (Å²) in [5, 5.41) is 13.3. The zero-order chi connectivity index (χ0) is 13.4. The van der Waals surface area contributed by atoms with Gasteiger partial charge in [-0.2, -0.15) is 5.10 Å². The van der Waals surface area contributed by atoms with Crippen LogP contribution in [0, 0.1) is 5.82 Å². The molecule has 0 amide bonds. The molecule has 0 atom stereocenters. The van der Waals surface area contributed by atoms with E-state index in [9.17, 15) is 9.18 Å². The number of nitrogens with zero attached hydrogens (tertiary/aromatic N) is 2. The molecule has 0 aliphatic heterocycles. The first-order chi connectivity index (χ1) is 9.13. The number of hydrogen-bond donors (Lipinski definition) is 1. The number of carboxylic acids is 1. The molecule has 4 nitrogen and oxygen atoms in total. The highest BCUT2D eigenvalue weighted by molar-refractivity contribution is 5.87. The van der Waals surface area contributed by atoms with E-state index in [4.69, 9.17) is 5.11 Å². The Morgan fingerprint density at radius 3 is 2.89 bits per heavy atom. The van der Waals surface area contributed by atoms with Crippen molar-refractivity contribution in [3.8, 4) is 0 Å². The van der Waals surface area contributed by atoms with Crippen LogP contribution >= 0.6 is 0 Å². The highest BCUT2D eigenvalue weighted by Crippen LogP contribution is 2.38. The van der Waals surface area contributed by atoms with Crippen molar-refractivity contribution in [1.82, 2.24) is 9.78 Å². The fourth-order valence-electron chi connectivity index (χ4n) is 2.07. The number of hydrogen-bond acceptors (Lipinski definition) is 2. The van der Waals surface area contributed by atoms with Crippen LogP contribution in [0.15, 0.2) is 30.5 Å². The van der Waals surface area contributed by atoms with Crippen molar-refractivity contribution >= 4 is 5.97 Å². The zero-order valence-electron chi connectivity index (χ0n) is 10.2. The summed E-state index contributed by atoms with van der Waals surface area (Å²) in [5.74, 6) is -0.912. The maximum atomic E-state index is 13.7. The number of rotatable bonds is 4. The average molecular weight is 260 g/mol. The molecule has 1 N–H and O–H groups in total. The van der Waals surface area contributed by atoms with Crippen LogP contribution < -0.4 is 0 Å². The molecule has 1 aliphatic carbocycles. The third-order valence-corrected chi connectivity index (χ3v) is 3.28. The van der Waals surface area contributed by atoms with Gasteiger partial charge in [0.1, 0.15) is 5.82 Å². The van der Waals surface area contributed by atoms with Crippen LogP contribution in [-0.2, 0) is 6.54 Å². The molecule has 5 heteroatoms.